The number of amides is 2. The number of aromatic nitrogens is 1. The van der Waals surface area contributed by atoms with Crippen LogP contribution in [0.15, 0.2) is 36.7 Å². The zero-order valence-electron chi connectivity index (χ0n) is 12.1. The highest BCUT2D eigenvalue weighted by molar-refractivity contribution is 6.31. The summed E-state index contributed by atoms with van der Waals surface area (Å²) in [5.41, 5.74) is 2.60. The Hall–Kier alpha value is -2.27. The van der Waals surface area contributed by atoms with Crippen LogP contribution in [0, 0.1) is 0 Å². The summed E-state index contributed by atoms with van der Waals surface area (Å²) in [6.45, 7) is 2.52. The van der Waals surface area contributed by atoms with E-state index in [0.29, 0.717) is 23.1 Å². The van der Waals surface area contributed by atoms with Gasteiger partial charge in [0.1, 0.15) is 5.75 Å². The zero-order chi connectivity index (χ0) is 15.5. The SMILES string of the molecule is C[C@H](NC(=O)Nc1cc(Cl)cc2c1OCC2)c1ccncc1. The Morgan fingerprint density at radius 3 is 2.91 bits per heavy atom. The number of hydrogen-bond donors (Lipinski definition) is 2. The number of rotatable bonds is 3. The van der Waals surface area contributed by atoms with Crippen molar-refractivity contribution in [1.29, 1.82) is 0 Å². The minimum absolute atomic E-state index is 0.129. The summed E-state index contributed by atoms with van der Waals surface area (Å²) in [7, 11) is 0. The maximum atomic E-state index is 12.2. The van der Waals surface area contributed by atoms with Gasteiger partial charge >= 0.3 is 6.03 Å². The molecule has 0 saturated carbocycles. The number of urea groups is 1. The monoisotopic (exact) mass is 317 g/mol. The fraction of sp³-hybridized carbons (Fsp3) is 0.250. The minimum Gasteiger partial charge on any atom is -0.491 e. The van der Waals surface area contributed by atoms with E-state index in [0.717, 1.165) is 17.5 Å². The second-order valence-electron chi connectivity index (χ2n) is 5.14. The van der Waals surface area contributed by atoms with Gasteiger partial charge in [0.05, 0.1) is 18.3 Å². The maximum Gasteiger partial charge on any atom is 0.319 e. The zero-order valence-corrected chi connectivity index (χ0v) is 12.9. The lowest BCUT2D eigenvalue weighted by molar-refractivity contribution is 0.249. The third-order valence-corrected chi connectivity index (χ3v) is 3.77. The van der Waals surface area contributed by atoms with Crippen molar-refractivity contribution in [2.24, 2.45) is 0 Å². The average Bonchev–Trinajstić information content (AvgIpc) is 2.96. The Morgan fingerprint density at radius 2 is 2.14 bits per heavy atom. The maximum absolute atomic E-state index is 12.2. The van der Waals surface area contributed by atoms with E-state index in [-0.39, 0.29) is 12.1 Å². The molecule has 5 nitrogen and oxygen atoms in total. The quantitative estimate of drug-likeness (QED) is 0.910. The molecule has 22 heavy (non-hydrogen) atoms. The van der Waals surface area contributed by atoms with Crippen LogP contribution >= 0.6 is 11.6 Å². The number of carbonyl (C=O) groups excluding carboxylic acids is 1. The van der Waals surface area contributed by atoms with Crippen LogP contribution in [0.1, 0.15) is 24.1 Å². The van der Waals surface area contributed by atoms with Crippen LogP contribution in [0.4, 0.5) is 10.5 Å². The Kier molecular flexibility index (Phi) is 4.15. The summed E-state index contributed by atoms with van der Waals surface area (Å²) >= 11 is 6.08. The van der Waals surface area contributed by atoms with Gasteiger partial charge in [-0.15, -0.1) is 0 Å². The Bertz CT molecular complexity index is 691. The lowest BCUT2D eigenvalue weighted by Crippen LogP contribution is -2.31. The first-order chi connectivity index (χ1) is 10.6. The third-order valence-electron chi connectivity index (χ3n) is 3.55. The van der Waals surface area contributed by atoms with Gasteiger partial charge in [0.15, 0.2) is 0 Å². The van der Waals surface area contributed by atoms with Gasteiger partial charge < -0.3 is 15.4 Å². The lowest BCUT2D eigenvalue weighted by Gasteiger charge is -2.16. The largest absolute Gasteiger partial charge is 0.491 e. The molecule has 0 radical (unpaired) electrons. The van der Waals surface area contributed by atoms with Crippen LogP contribution in [0.3, 0.4) is 0 Å². The molecule has 1 aliphatic heterocycles. The first kappa shape index (κ1) is 14.7. The average molecular weight is 318 g/mol. The summed E-state index contributed by atoms with van der Waals surface area (Å²) in [5.74, 6) is 0.705. The number of pyridine rings is 1. The van der Waals surface area contributed by atoms with E-state index in [9.17, 15) is 4.79 Å². The molecule has 0 aliphatic carbocycles. The van der Waals surface area contributed by atoms with Gasteiger partial charge in [-0.25, -0.2) is 4.79 Å². The molecule has 2 heterocycles. The second-order valence-corrected chi connectivity index (χ2v) is 5.58. The van der Waals surface area contributed by atoms with Crippen molar-refractivity contribution >= 4 is 23.3 Å². The molecule has 0 spiro atoms. The summed E-state index contributed by atoms with van der Waals surface area (Å²) in [5, 5.41) is 6.27. The first-order valence-corrected chi connectivity index (χ1v) is 7.44. The molecule has 1 aromatic carbocycles. The molecular weight excluding hydrogens is 302 g/mol. The standard InChI is InChI=1S/C16H16ClN3O2/c1-10(11-2-5-18-6-3-11)19-16(21)20-14-9-13(17)8-12-4-7-22-15(12)14/h2-3,5-6,8-10H,4,7H2,1H3,(H2,19,20,21)/t10-/m0/s1. The van der Waals surface area contributed by atoms with Crippen molar-refractivity contribution in [1.82, 2.24) is 10.3 Å². The highest BCUT2D eigenvalue weighted by Gasteiger charge is 2.19. The number of carbonyl (C=O) groups is 1. The number of halogens is 1. The van der Waals surface area contributed by atoms with E-state index in [4.69, 9.17) is 16.3 Å². The van der Waals surface area contributed by atoms with Crippen molar-refractivity contribution in [2.75, 3.05) is 11.9 Å². The van der Waals surface area contributed by atoms with E-state index < -0.39 is 0 Å². The van der Waals surface area contributed by atoms with Gasteiger partial charge in [0.25, 0.3) is 0 Å². The van der Waals surface area contributed by atoms with Crippen LogP contribution in [-0.4, -0.2) is 17.6 Å². The normalized spacial score (nSPS) is 13.9. The number of benzene rings is 1. The van der Waals surface area contributed by atoms with Gasteiger partial charge in [-0.1, -0.05) is 11.6 Å². The molecule has 1 aliphatic rings. The predicted molar refractivity (Wildman–Crippen MR) is 85.5 cm³/mol. The van der Waals surface area contributed by atoms with Crippen LogP contribution in [0.5, 0.6) is 5.75 Å². The highest BCUT2D eigenvalue weighted by Crippen LogP contribution is 2.36. The molecule has 2 aromatic rings. The van der Waals surface area contributed by atoms with E-state index >= 15 is 0 Å². The van der Waals surface area contributed by atoms with Crippen LogP contribution < -0.4 is 15.4 Å². The summed E-state index contributed by atoms with van der Waals surface area (Å²) in [6.07, 6.45) is 4.20. The van der Waals surface area contributed by atoms with Gasteiger partial charge in [-0.3, -0.25) is 4.98 Å². The van der Waals surface area contributed by atoms with Crippen molar-refractivity contribution in [3.05, 3.63) is 52.8 Å². The van der Waals surface area contributed by atoms with Crippen molar-refractivity contribution in [3.8, 4) is 5.75 Å². The molecular formula is C16H16ClN3O2. The molecule has 1 atom stereocenters. The number of fused-ring (bicyclic) bond motifs is 1. The Labute approximate surface area is 133 Å². The number of nitrogens with one attached hydrogen (secondary N) is 2. The molecule has 2 N–H and O–H groups in total. The molecule has 3 rings (SSSR count). The van der Waals surface area contributed by atoms with E-state index in [2.05, 4.69) is 15.6 Å². The fourth-order valence-corrected chi connectivity index (χ4v) is 2.69. The molecule has 2 amide bonds. The molecule has 0 saturated heterocycles. The number of anilines is 1. The third kappa shape index (κ3) is 3.14. The van der Waals surface area contributed by atoms with Crippen LogP contribution in [0.2, 0.25) is 5.02 Å². The van der Waals surface area contributed by atoms with Crippen molar-refractivity contribution in [3.63, 3.8) is 0 Å². The topological polar surface area (TPSA) is 63.2 Å². The van der Waals surface area contributed by atoms with Gasteiger partial charge in [0, 0.05) is 29.4 Å². The smallest absolute Gasteiger partial charge is 0.319 e. The fourth-order valence-electron chi connectivity index (χ4n) is 2.45. The molecule has 0 unspecified atom stereocenters. The summed E-state index contributed by atoms with van der Waals surface area (Å²) in [6, 6.07) is 6.87. The molecule has 0 bridgehead atoms. The number of ether oxygens (including phenoxy) is 1. The highest BCUT2D eigenvalue weighted by atomic mass is 35.5. The van der Waals surface area contributed by atoms with Crippen LogP contribution in [-0.2, 0) is 6.42 Å². The van der Waals surface area contributed by atoms with Crippen LogP contribution in [0.25, 0.3) is 0 Å². The summed E-state index contributed by atoms with van der Waals surface area (Å²) < 4.78 is 5.57. The number of hydrogen-bond acceptors (Lipinski definition) is 3. The van der Waals surface area contributed by atoms with E-state index in [1.807, 2.05) is 25.1 Å². The lowest BCUT2D eigenvalue weighted by atomic mass is 10.1. The second kappa shape index (κ2) is 6.23. The minimum atomic E-state index is -0.302. The summed E-state index contributed by atoms with van der Waals surface area (Å²) in [4.78, 5) is 16.1. The van der Waals surface area contributed by atoms with Gasteiger partial charge in [-0.2, -0.15) is 0 Å². The van der Waals surface area contributed by atoms with Gasteiger partial charge in [0.2, 0.25) is 0 Å². The van der Waals surface area contributed by atoms with E-state index in [1.54, 1.807) is 18.5 Å². The molecule has 114 valence electrons. The first-order valence-electron chi connectivity index (χ1n) is 7.06. The van der Waals surface area contributed by atoms with Crippen molar-refractivity contribution < 1.29 is 9.53 Å². The predicted octanol–water partition coefficient (Wildman–Crippen LogP) is 3.55. The number of nitrogens with zero attached hydrogens (tertiary/aromatic N) is 1. The Morgan fingerprint density at radius 1 is 1.36 bits per heavy atom. The van der Waals surface area contributed by atoms with Crippen molar-refractivity contribution in [2.45, 2.75) is 19.4 Å². The van der Waals surface area contributed by atoms with E-state index in [1.165, 1.54) is 0 Å². The molecule has 1 aromatic heterocycles. The molecule has 0 fully saturated rings. The Balaban J connectivity index is 1.70. The molecule has 6 heteroatoms. The van der Waals surface area contributed by atoms with Gasteiger partial charge in [-0.05, 0) is 36.8 Å².